The number of fused-ring (bicyclic) bond motifs is 23. The fourth-order valence-corrected chi connectivity index (χ4v) is 28.9. The van der Waals surface area contributed by atoms with Gasteiger partial charge in [0.2, 0.25) is 0 Å². The molecule has 21 aromatic rings. The Hall–Kier alpha value is -14.0. The average molecular weight is 1790 g/mol. The minimum Gasteiger partial charge on any atom is -0.456 e. The van der Waals surface area contributed by atoms with Crippen molar-refractivity contribution >= 4 is 131 Å². The first-order chi connectivity index (χ1) is 66.8. The number of thiophene rings is 1. The average Bonchev–Trinajstić information content (AvgIpc) is 1.62. The summed E-state index contributed by atoms with van der Waals surface area (Å²) in [5, 5.41) is 9.93. The molecule has 2 fully saturated rings. The monoisotopic (exact) mass is 1790 g/mol. The van der Waals surface area contributed by atoms with Crippen molar-refractivity contribution in [2.45, 2.75) is 131 Å². The highest BCUT2D eigenvalue weighted by Crippen LogP contribution is 2.66. The van der Waals surface area contributed by atoms with Gasteiger partial charge < -0.3 is 23.4 Å². The van der Waals surface area contributed by atoms with Crippen LogP contribution in [0.3, 0.4) is 0 Å². The van der Waals surface area contributed by atoms with Crippen LogP contribution in [-0.2, 0) is 16.2 Å². The Morgan fingerprint density at radius 3 is 1.41 bits per heavy atom. The van der Waals surface area contributed by atoms with Crippen molar-refractivity contribution in [1.82, 2.24) is 9.13 Å². The molecule has 0 amide bonds. The lowest BCUT2D eigenvalue weighted by Gasteiger charge is -2.55. The minimum atomic E-state index is -0.304. The van der Waals surface area contributed by atoms with Crippen molar-refractivity contribution in [3.63, 3.8) is 0 Å². The lowest BCUT2D eigenvalue weighted by Crippen LogP contribution is -2.50. The largest absolute Gasteiger partial charge is 0.456 e. The molecule has 26 rings (SSSR count). The SMILES string of the molecule is CC(C)C[C@@H]1C[C@@H](C)C[C@H](C)C12c1ccccc1-n1c3ccccc3c3cc(N(c4ccc(-c5ccc(-c6ccccc6)cc5)cc4)c4ccc(-c5ccc6c(c5)oc5cc(-c7ccc8c(c7)c7cc(N(c9cccc(-c%10cccc%11c%10sc%10ccccc%10%11)c9)c9ccc%10c(c9)C(C)(C)c9ccccc9-%10)cc9c7n8-c7ccccc7C97[C@H](CC(C)C)C[C@@H](C(C)C)C[C@@H]7C)ccc56)cc4)cc2c31. The summed E-state index contributed by atoms with van der Waals surface area (Å²) in [6.07, 6.45) is 7.02. The topological polar surface area (TPSA) is 29.5 Å². The summed E-state index contributed by atoms with van der Waals surface area (Å²) >= 11 is 1.91. The third-order valence-electron chi connectivity index (χ3n) is 33.5. The smallest absolute Gasteiger partial charge is 0.136 e. The van der Waals surface area contributed by atoms with Gasteiger partial charge in [0, 0.05) is 103 Å². The molecule has 0 bridgehead atoms. The number of benzene rings is 17. The number of aromatic nitrogens is 2. The molecule has 2 spiro atoms. The van der Waals surface area contributed by atoms with Crippen molar-refractivity contribution in [1.29, 1.82) is 0 Å². The van der Waals surface area contributed by atoms with E-state index in [9.17, 15) is 0 Å². The Balaban J connectivity index is 0.614. The van der Waals surface area contributed by atoms with Gasteiger partial charge in [-0.2, -0.15) is 0 Å². The van der Waals surface area contributed by atoms with Crippen LogP contribution >= 0.6 is 11.3 Å². The van der Waals surface area contributed by atoms with E-state index in [1.54, 1.807) is 0 Å². The van der Waals surface area contributed by atoms with Gasteiger partial charge in [0.25, 0.3) is 0 Å². The molecule has 6 heteroatoms. The lowest BCUT2D eigenvalue weighted by atomic mass is 9.49. The summed E-state index contributed by atoms with van der Waals surface area (Å²) in [4.78, 5) is 5.20. The van der Waals surface area contributed by atoms with Crippen LogP contribution in [0.5, 0.6) is 0 Å². The van der Waals surface area contributed by atoms with Crippen LogP contribution in [0.4, 0.5) is 34.1 Å². The van der Waals surface area contributed by atoms with E-state index in [4.69, 9.17) is 4.42 Å². The summed E-state index contributed by atoms with van der Waals surface area (Å²) in [5.74, 6) is 4.44. The van der Waals surface area contributed by atoms with Crippen LogP contribution in [0.25, 0.3) is 164 Å². The molecular weight excluding hydrogens is 1680 g/mol. The van der Waals surface area contributed by atoms with Gasteiger partial charge in [0.15, 0.2) is 0 Å². The predicted octanol–water partition coefficient (Wildman–Crippen LogP) is 37.0. The third-order valence-corrected chi connectivity index (χ3v) is 34.8. The van der Waals surface area contributed by atoms with E-state index >= 15 is 0 Å². The maximum absolute atomic E-state index is 7.24. The number of nitrogens with zero attached hydrogens (tertiary/aromatic N) is 4. The molecule has 8 atom stereocenters. The van der Waals surface area contributed by atoms with Gasteiger partial charge in [-0.15, -0.1) is 11.3 Å². The van der Waals surface area contributed by atoms with Crippen LogP contribution in [0.2, 0.25) is 0 Å². The molecule has 137 heavy (non-hydrogen) atoms. The molecule has 5 nitrogen and oxygen atoms in total. The van der Waals surface area contributed by atoms with Gasteiger partial charge in [-0.1, -0.05) is 307 Å². The van der Waals surface area contributed by atoms with Crippen LogP contribution in [0, 0.1) is 53.3 Å². The molecule has 0 saturated heterocycles. The molecule has 17 aromatic carbocycles. The van der Waals surface area contributed by atoms with E-state index < -0.39 is 0 Å². The standard InChI is InChI=1S/C131H114N4OS/c1-78(2)63-94-66-81(7)65-82(8)130(94)114-37-19-22-40-121(114)134-119-39-21-16-32-105(119)111-73-100(76-117(130)126(111)134)132(96-54-47-87(48-55-96)86-45-43-85(44-46-86)84-27-13-12-14-28-84)97-56-49-88(50-57-97)90-51-59-106-107-60-52-91(72-124(107)136-123(106)71-90)89-53-62-120-110(70-89)112-74-101(77-118-127(112)135(120)122-41-23-20-38-115(122)131(118)83(9)67-93(80(5)6)68-95(131)64-79(3)4)133(99-58-61-104-103-31-15-18-36-113(103)129(10,11)116(104)75-99)98-30-25-29-92(69-98)102-34-26-35-109-108-33-17-24-42-125(108)137-128(102)109/h12-62,69-83,93-95H,63-68H2,1-11H3/t81-,82-,83-,93-,94+,95+,130?,131?/m0/s1. The summed E-state index contributed by atoms with van der Waals surface area (Å²) in [5.41, 5.74) is 38.7. The summed E-state index contributed by atoms with van der Waals surface area (Å²) < 4.78 is 15.2. The van der Waals surface area contributed by atoms with Crippen LogP contribution in [0.1, 0.15) is 148 Å². The fraction of sp³-hybridized carbons (Fsp3) is 0.221. The van der Waals surface area contributed by atoms with Crippen molar-refractivity contribution in [3.05, 3.63) is 397 Å². The van der Waals surface area contributed by atoms with Gasteiger partial charge in [0.1, 0.15) is 11.2 Å². The minimum absolute atomic E-state index is 0.220. The normalized spacial score (nSPS) is 19.6. The van der Waals surface area contributed by atoms with Gasteiger partial charge in [-0.05, 0) is 325 Å². The highest BCUT2D eigenvalue weighted by molar-refractivity contribution is 7.26. The number of hydrogen-bond donors (Lipinski definition) is 0. The molecule has 6 heterocycles. The van der Waals surface area contributed by atoms with E-state index in [1.807, 2.05) is 11.3 Å². The van der Waals surface area contributed by atoms with Gasteiger partial charge in [0.05, 0.1) is 33.4 Å². The number of furan rings is 1. The lowest BCUT2D eigenvalue weighted by molar-refractivity contribution is 0.0703. The van der Waals surface area contributed by atoms with E-state index in [1.165, 1.54) is 184 Å². The Morgan fingerprint density at radius 1 is 0.314 bits per heavy atom. The zero-order chi connectivity index (χ0) is 92.3. The quantitative estimate of drug-likeness (QED) is 0.0966. The Kier molecular flexibility index (Phi) is 19.4. The molecular formula is C131H114N4OS. The summed E-state index contributed by atoms with van der Waals surface area (Å²) in [6, 6.07) is 140. The zero-order valence-electron chi connectivity index (χ0n) is 80.2. The van der Waals surface area contributed by atoms with Crippen molar-refractivity contribution in [2.24, 2.45) is 53.3 Å². The van der Waals surface area contributed by atoms with Crippen LogP contribution in [0.15, 0.2) is 368 Å². The van der Waals surface area contributed by atoms with Gasteiger partial charge in [-0.3, -0.25) is 0 Å². The maximum atomic E-state index is 7.24. The van der Waals surface area contributed by atoms with Crippen LogP contribution in [-0.4, -0.2) is 9.13 Å². The zero-order valence-corrected chi connectivity index (χ0v) is 81.0. The molecule has 2 aliphatic heterocycles. The molecule has 3 aliphatic carbocycles. The molecule has 0 radical (unpaired) electrons. The van der Waals surface area contributed by atoms with Gasteiger partial charge >= 0.3 is 0 Å². The third kappa shape index (κ3) is 12.8. The molecule has 0 N–H and O–H groups in total. The number of rotatable bonds is 16. The maximum Gasteiger partial charge on any atom is 0.136 e. The molecule has 2 saturated carbocycles. The predicted molar refractivity (Wildman–Crippen MR) is 581 cm³/mol. The molecule has 2 unspecified atom stereocenters. The van der Waals surface area contributed by atoms with Crippen molar-refractivity contribution in [3.8, 4) is 78.1 Å². The summed E-state index contributed by atoms with van der Waals surface area (Å²) in [6.45, 7) is 27.4. The van der Waals surface area contributed by atoms with E-state index in [0.29, 0.717) is 53.3 Å². The Bertz CT molecular complexity index is 8460. The number of hydrogen-bond acceptors (Lipinski definition) is 4. The van der Waals surface area contributed by atoms with Crippen LogP contribution < -0.4 is 9.80 Å². The van der Waals surface area contributed by atoms with Crippen molar-refractivity contribution < 1.29 is 4.42 Å². The second kappa shape index (κ2) is 31.8. The summed E-state index contributed by atoms with van der Waals surface area (Å²) in [7, 11) is 0. The second-order valence-electron chi connectivity index (χ2n) is 42.9. The first-order valence-corrected chi connectivity index (χ1v) is 51.2. The Morgan fingerprint density at radius 2 is 0.766 bits per heavy atom. The fourth-order valence-electron chi connectivity index (χ4n) is 27.7. The first-order valence-electron chi connectivity index (χ1n) is 50.4. The highest BCUT2D eigenvalue weighted by atomic mass is 32.1. The van der Waals surface area contributed by atoms with E-state index in [0.717, 1.165) is 86.2 Å². The van der Waals surface area contributed by atoms with Crippen molar-refractivity contribution in [2.75, 3.05) is 9.80 Å². The van der Waals surface area contributed by atoms with E-state index in [2.05, 4.69) is 459 Å². The Labute approximate surface area is 808 Å². The first kappa shape index (κ1) is 83.5. The number of para-hydroxylation sites is 3. The molecule has 4 aromatic heterocycles. The number of anilines is 6. The molecule has 5 aliphatic rings. The highest BCUT2D eigenvalue weighted by Gasteiger charge is 2.57. The van der Waals surface area contributed by atoms with Gasteiger partial charge in [-0.25, -0.2) is 0 Å². The molecule has 670 valence electrons. The van der Waals surface area contributed by atoms with E-state index in [-0.39, 0.29) is 16.2 Å². The second-order valence-corrected chi connectivity index (χ2v) is 44.0.